The number of rotatable bonds is 4. The molecular formula is C22H17N3O3S. The van der Waals surface area contributed by atoms with Gasteiger partial charge in [0.2, 0.25) is 0 Å². The zero-order chi connectivity index (χ0) is 20.4. The number of benzene rings is 3. The van der Waals surface area contributed by atoms with Crippen LogP contribution in [0.4, 0.5) is 10.5 Å². The second kappa shape index (κ2) is 7.41. The van der Waals surface area contributed by atoms with Gasteiger partial charge in [-0.1, -0.05) is 54.6 Å². The van der Waals surface area contributed by atoms with Crippen LogP contribution in [0, 0.1) is 11.3 Å². The molecule has 2 amide bonds. The lowest BCUT2D eigenvalue weighted by atomic mass is 10.1. The molecule has 0 spiro atoms. The molecule has 0 N–H and O–H groups in total. The molecule has 0 aliphatic carbocycles. The topological polar surface area (TPSA) is 81.5 Å². The number of para-hydroxylation sites is 1. The molecule has 1 aliphatic rings. The van der Waals surface area contributed by atoms with Crippen molar-refractivity contribution in [3.05, 3.63) is 95.6 Å². The summed E-state index contributed by atoms with van der Waals surface area (Å²) in [5.74, 6) is 0. The van der Waals surface area contributed by atoms with E-state index in [1.807, 2.05) is 6.07 Å². The molecule has 144 valence electrons. The molecule has 29 heavy (non-hydrogen) atoms. The summed E-state index contributed by atoms with van der Waals surface area (Å²) in [5, 5.41) is 9.13. The van der Waals surface area contributed by atoms with Gasteiger partial charge in [-0.15, -0.1) is 0 Å². The Labute approximate surface area is 169 Å². The number of carbonyl (C=O) groups is 1. The smallest absolute Gasteiger partial charge is 0.288 e. The largest absolute Gasteiger partial charge is 0.339 e. The molecule has 0 saturated carbocycles. The first-order valence-electron chi connectivity index (χ1n) is 8.97. The van der Waals surface area contributed by atoms with E-state index in [0.717, 1.165) is 15.4 Å². The Hall–Kier alpha value is -3.63. The second-order valence-corrected chi connectivity index (χ2v) is 8.48. The molecule has 3 aromatic rings. The summed E-state index contributed by atoms with van der Waals surface area (Å²) in [7, 11) is -3.98. The average molecular weight is 403 g/mol. The Morgan fingerprint density at radius 2 is 1.52 bits per heavy atom. The van der Waals surface area contributed by atoms with Crippen LogP contribution in [0.15, 0.2) is 83.8 Å². The average Bonchev–Trinajstić information content (AvgIpc) is 2.75. The highest BCUT2D eigenvalue weighted by molar-refractivity contribution is 7.90. The van der Waals surface area contributed by atoms with Crippen LogP contribution in [-0.4, -0.2) is 18.8 Å². The highest BCUT2D eigenvalue weighted by Crippen LogP contribution is 2.36. The van der Waals surface area contributed by atoms with E-state index in [9.17, 15) is 13.2 Å². The predicted molar refractivity (Wildman–Crippen MR) is 108 cm³/mol. The Morgan fingerprint density at radius 1 is 0.828 bits per heavy atom. The van der Waals surface area contributed by atoms with E-state index in [-0.39, 0.29) is 18.0 Å². The van der Waals surface area contributed by atoms with Crippen LogP contribution in [0.3, 0.4) is 0 Å². The van der Waals surface area contributed by atoms with E-state index in [2.05, 4.69) is 6.07 Å². The molecule has 1 heterocycles. The van der Waals surface area contributed by atoms with Crippen LogP contribution in [0.2, 0.25) is 0 Å². The van der Waals surface area contributed by atoms with Crippen LogP contribution in [0.1, 0.15) is 16.7 Å². The summed E-state index contributed by atoms with van der Waals surface area (Å²) in [6.45, 7) is 0.108. The number of anilines is 1. The van der Waals surface area contributed by atoms with Gasteiger partial charge < -0.3 is 0 Å². The number of urea groups is 1. The lowest BCUT2D eigenvalue weighted by Crippen LogP contribution is -2.49. The van der Waals surface area contributed by atoms with Crippen LogP contribution in [0.5, 0.6) is 0 Å². The molecule has 0 aromatic heterocycles. The lowest BCUT2D eigenvalue weighted by molar-refractivity contribution is 0.226. The number of amides is 2. The standard InChI is InChI=1S/C22H17N3O3S/c23-14-18-9-6-10-19(13-18)15-24-20-11-4-5-12-21(20)29(27,28)25(22(24)26)16-17-7-2-1-3-8-17/h1-13H,15-16H2. The molecule has 0 unspecified atom stereocenters. The molecule has 4 rings (SSSR count). The third-order valence-corrected chi connectivity index (χ3v) is 6.50. The van der Waals surface area contributed by atoms with Gasteiger partial charge in [0.1, 0.15) is 4.90 Å². The van der Waals surface area contributed by atoms with Crippen molar-refractivity contribution in [2.75, 3.05) is 4.90 Å². The zero-order valence-electron chi connectivity index (χ0n) is 15.4. The zero-order valence-corrected chi connectivity index (χ0v) is 16.2. The SMILES string of the molecule is N#Cc1cccc(CN2C(=O)N(Cc3ccccc3)S(=O)(=O)c3ccccc32)c1. The first-order valence-corrected chi connectivity index (χ1v) is 10.4. The van der Waals surface area contributed by atoms with Crippen molar-refractivity contribution in [3.63, 3.8) is 0 Å². The summed E-state index contributed by atoms with van der Waals surface area (Å²) in [6.07, 6.45) is 0. The molecule has 7 heteroatoms. The predicted octanol–water partition coefficient (Wildman–Crippen LogP) is 3.89. The second-order valence-electron chi connectivity index (χ2n) is 6.65. The normalized spacial score (nSPS) is 14.9. The first-order chi connectivity index (χ1) is 14.0. The molecule has 6 nitrogen and oxygen atoms in total. The molecular weight excluding hydrogens is 386 g/mol. The summed E-state index contributed by atoms with van der Waals surface area (Å²) in [5.41, 5.74) is 2.28. The van der Waals surface area contributed by atoms with Crippen LogP contribution < -0.4 is 4.90 Å². The minimum absolute atomic E-state index is 0.0505. The van der Waals surface area contributed by atoms with E-state index in [1.165, 1.54) is 11.0 Å². The fraction of sp³-hybridized carbons (Fsp3) is 0.0909. The fourth-order valence-corrected chi connectivity index (χ4v) is 4.89. The summed E-state index contributed by atoms with van der Waals surface area (Å²) in [4.78, 5) is 14.8. The monoisotopic (exact) mass is 403 g/mol. The van der Waals surface area contributed by atoms with Crippen LogP contribution in [-0.2, 0) is 23.1 Å². The molecule has 0 fully saturated rings. The first kappa shape index (κ1) is 18.7. The van der Waals surface area contributed by atoms with E-state index in [0.29, 0.717) is 11.3 Å². The van der Waals surface area contributed by atoms with Crippen LogP contribution >= 0.6 is 0 Å². The number of nitriles is 1. The lowest BCUT2D eigenvalue weighted by Gasteiger charge is -2.36. The van der Waals surface area contributed by atoms with Gasteiger partial charge in [-0.25, -0.2) is 17.5 Å². The van der Waals surface area contributed by atoms with Crippen molar-refractivity contribution in [2.24, 2.45) is 0 Å². The molecule has 0 saturated heterocycles. The van der Waals surface area contributed by atoms with E-state index < -0.39 is 16.1 Å². The van der Waals surface area contributed by atoms with Crippen LogP contribution in [0.25, 0.3) is 0 Å². The van der Waals surface area contributed by atoms with E-state index >= 15 is 0 Å². The quantitative estimate of drug-likeness (QED) is 0.662. The number of hydrogen-bond donors (Lipinski definition) is 0. The van der Waals surface area contributed by atoms with Gasteiger partial charge in [0, 0.05) is 0 Å². The van der Waals surface area contributed by atoms with Crippen molar-refractivity contribution < 1.29 is 13.2 Å². The highest BCUT2D eigenvalue weighted by Gasteiger charge is 2.41. The van der Waals surface area contributed by atoms with Crippen molar-refractivity contribution in [3.8, 4) is 6.07 Å². The molecule has 0 radical (unpaired) electrons. The van der Waals surface area contributed by atoms with Crippen molar-refractivity contribution in [2.45, 2.75) is 18.0 Å². The molecule has 1 aliphatic heterocycles. The Balaban J connectivity index is 1.78. The maximum absolute atomic E-state index is 13.3. The number of fused-ring (bicyclic) bond motifs is 1. The van der Waals surface area contributed by atoms with Crippen molar-refractivity contribution >= 4 is 21.7 Å². The summed E-state index contributed by atoms with van der Waals surface area (Å²) >= 11 is 0. The minimum atomic E-state index is -3.98. The van der Waals surface area contributed by atoms with Gasteiger partial charge in [-0.3, -0.25) is 4.90 Å². The van der Waals surface area contributed by atoms with Gasteiger partial charge in [0.05, 0.1) is 30.4 Å². The maximum atomic E-state index is 13.3. The number of nitrogens with zero attached hydrogens (tertiary/aromatic N) is 3. The molecule has 0 atom stereocenters. The fourth-order valence-electron chi connectivity index (χ4n) is 3.33. The van der Waals surface area contributed by atoms with E-state index in [4.69, 9.17) is 5.26 Å². The third-order valence-electron chi connectivity index (χ3n) is 4.73. The van der Waals surface area contributed by atoms with Gasteiger partial charge in [-0.05, 0) is 35.4 Å². The van der Waals surface area contributed by atoms with E-state index in [1.54, 1.807) is 66.7 Å². The number of carbonyl (C=O) groups excluding carboxylic acids is 1. The van der Waals surface area contributed by atoms with Crippen molar-refractivity contribution in [1.82, 2.24) is 4.31 Å². The van der Waals surface area contributed by atoms with Crippen molar-refractivity contribution in [1.29, 1.82) is 5.26 Å². The molecule has 3 aromatic carbocycles. The summed E-state index contributed by atoms with van der Waals surface area (Å²) in [6, 6.07) is 23.9. The maximum Gasteiger partial charge on any atom is 0.339 e. The Bertz CT molecular complexity index is 1220. The van der Waals surface area contributed by atoms with Gasteiger partial charge in [0.25, 0.3) is 10.0 Å². The Morgan fingerprint density at radius 3 is 2.28 bits per heavy atom. The van der Waals surface area contributed by atoms with Gasteiger partial charge >= 0.3 is 6.03 Å². The van der Waals surface area contributed by atoms with Gasteiger partial charge in [-0.2, -0.15) is 5.26 Å². The number of hydrogen-bond acceptors (Lipinski definition) is 4. The molecule has 0 bridgehead atoms. The highest BCUT2D eigenvalue weighted by atomic mass is 32.2. The van der Waals surface area contributed by atoms with Gasteiger partial charge in [0.15, 0.2) is 0 Å². The minimum Gasteiger partial charge on any atom is -0.288 e. The third kappa shape index (κ3) is 3.46. The summed E-state index contributed by atoms with van der Waals surface area (Å²) < 4.78 is 27.2. The Kier molecular flexibility index (Phi) is 4.79. The number of sulfonamides is 1.